The third kappa shape index (κ3) is 3.14. The minimum atomic E-state index is -0.143. The zero-order valence-electron chi connectivity index (χ0n) is 12.5. The first-order valence-electron chi connectivity index (χ1n) is 7.67. The standard InChI is InChI=1S/C16H23NO4/c1-19-7-3-13-9-16(21-10-13)5-2-6-17(12-16)15(18)14-4-8-20-11-14/h4,8,11,13H,2-3,5-7,9-10,12H2,1H3/t13-,16+/m0/s1. The average Bonchev–Trinajstić information content (AvgIpc) is 3.15. The minimum Gasteiger partial charge on any atom is -0.472 e. The van der Waals surface area contributed by atoms with Gasteiger partial charge in [0.25, 0.3) is 5.91 Å². The number of rotatable bonds is 4. The lowest BCUT2D eigenvalue weighted by atomic mass is 9.85. The number of piperidine rings is 1. The van der Waals surface area contributed by atoms with Crippen LogP contribution in [0.25, 0.3) is 0 Å². The van der Waals surface area contributed by atoms with Crippen LogP contribution in [-0.4, -0.2) is 49.8 Å². The summed E-state index contributed by atoms with van der Waals surface area (Å²) in [5.41, 5.74) is 0.483. The molecule has 2 saturated heterocycles. The highest BCUT2D eigenvalue weighted by Crippen LogP contribution is 2.38. The number of likely N-dealkylation sites (tertiary alicyclic amines) is 1. The van der Waals surface area contributed by atoms with E-state index in [2.05, 4.69) is 0 Å². The molecule has 1 aromatic heterocycles. The maximum Gasteiger partial charge on any atom is 0.257 e. The van der Waals surface area contributed by atoms with E-state index in [1.165, 1.54) is 6.26 Å². The van der Waals surface area contributed by atoms with E-state index in [1.54, 1.807) is 19.4 Å². The lowest BCUT2D eigenvalue weighted by Crippen LogP contribution is -2.50. The summed E-state index contributed by atoms with van der Waals surface area (Å²) in [6.07, 6.45) is 7.17. The SMILES string of the molecule is COCC[C@@H]1CO[C@]2(CCCN(C(=O)c3ccoc3)C2)C1. The van der Waals surface area contributed by atoms with Crippen LogP contribution in [-0.2, 0) is 9.47 Å². The predicted molar refractivity (Wildman–Crippen MR) is 77.1 cm³/mol. The van der Waals surface area contributed by atoms with Gasteiger partial charge in [0.2, 0.25) is 0 Å². The van der Waals surface area contributed by atoms with E-state index < -0.39 is 0 Å². The van der Waals surface area contributed by atoms with E-state index in [0.29, 0.717) is 18.0 Å². The predicted octanol–water partition coefficient (Wildman–Crippen LogP) is 2.33. The second kappa shape index (κ2) is 6.20. The van der Waals surface area contributed by atoms with Crippen LogP contribution >= 0.6 is 0 Å². The first-order chi connectivity index (χ1) is 10.2. The molecule has 1 spiro atoms. The lowest BCUT2D eigenvalue weighted by molar-refractivity contribution is -0.0450. The van der Waals surface area contributed by atoms with E-state index in [0.717, 1.165) is 45.4 Å². The Kier molecular flexibility index (Phi) is 4.31. The molecule has 2 aliphatic rings. The average molecular weight is 293 g/mol. The first-order valence-corrected chi connectivity index (χ1v) is 7.67. The van der Waals surface area contributed by atoms with Crippen LogP contribution in [0.15, 0.2) is 23.0 Å². The summed E-state index contributed by atoms with van der Waals surface area (Å²) < 4.78 is 16.3. The van der Waals surface area contributed by atoms with Crippen LogP contribution in [0.1, 0.15) is 36.0 Å². The topological polar surface area (TPSA) is 51.9 Å². The van der Waals surface area contributed by atoms with Crippen molar-refractivity contribution < 1.29 is 18.7 Å². The smallest absolute Gasteiger partial charge is 0.257 e. The molecular formula is C16H23NO4. The second-order valence-electron chi connectivity index (χ2n) is 6.19. The number of amides is 1. The Balaban J connectivity index is 1.62. The quantitative estimate of drug-likeness (QED) is 0.855. The molecule has 0 saturated carbocycles. The van der Waals surface area contributed by atoms with Gasteiger partial charge in [0.1, 0.15) is 6.26 Å². The van der Waals surface area contributed by atoms with Crippen molar-refractivity contribution in [3.63, 3.8) is 0 Å². The van der Waals surface area contributed by atoms with Gasteiger partial charge in [-0.05, 0) is 37.7 Å². The van der Waals surface area contributed by atoms with Gasteiger partial charge in [0, 0.05) is 26.8 Å². The van der Waals surface area contributed by atoms with Crippen LogP contribution in [0.3, 0.4) is 0 Å². The molecule has 2 atom stereocenters. The monoisotopic (exact) mass is 293 g/mol. The van der Waals surface area contributed by atoms with Gasteiger partial charge in [-0.3, -0.25) is 4.79 Å². The number of hydrogen-bond donors (Lipinski definition) is 0. The summed E-state index contributed by atoms with van der Waals surface area (Å²) in [6.45, 7) is 3.07. The van der Waals surface area contributed by atoms with Crippen LogP contribution in [0.4, 0.5) is 0 Å². The van der Waals surface area contributed by atoms with E-state index >= 15 is 0 Å². The molecule has 3 heterocycles. The van der Waals surface area contributed by atoms with Gasteiger partial charge in [0.15, 0.2) is 0 Å². The zero-order chi connectivity index (χ0) is 14.7. The van der Waals surface area contributed by atoms with Gasteiger partial charge >= 0.3 is 0 Å². The van der Waals surface area contributed by atoms with Crippen LogP contribution in [0.2, 0.25) is 0 Å². The van der Waals surface area contributed by atoms with Crippen LogP contribution < -0.4 is 0 Å². The molecule has 2 fully saturated rings. The molecule has 1 amide bonds. The fourth-order valence-electron chi connectivity index (χ4n) is 3.53. The summed E-state index contributed by atoms with van der Waals surface area (Å²) in [5, 5.41) is 0. The highest BCUT2D eigenvalue weighted by Gasteiger charge is 2.44. The molecular weight excluding hydrogens is 270 g/mol. The molecule has 0 unspecified atom stereocenters. The number of methoxy groups -OCH3 is 1. The Labute approximate surface area is 125 Å². The van der Waals surface area contributed by atoms with Crippen molar-refractivity contribution in [3.8, 4) is 0 Å². The molecule has 21 heavy (non-hydrogen) atoms. The van der Waals surface area contributed by atoms with Gasteiger partial charge in [-0.2, -0.15) is 0 Å². The fourth-order valence-corrected chi connectivity index (χ4v) is 3.53. The van der Waals surface area contributed by atoms with E-state index in [4.69, 9.17) is 13.9 Å². The first kappa shape index (κ1) is 14.6. The number of carbonyl (C=O) groups is 1. The second-order valence-corrected chi connectivity index (χ2v) is 6.19. The molecule has 0 radical (unpaired) electrons. The Morgan fingerprint density at radius 2 is 2.48 bits per heavy atom. The molecule has 0 bridgehead atoms. The van der Waals surface area contributed by atoms with Crippen LogP contribution in [0.5, 0.6) is 0 Å². The maximum absolute atomic E-state index is 12.4. The molecule has 0 aliphatic carbocycles. The molecule has 0 N–H and O–H groups in total. The van der Waals surface area contributed by atoms with Gasteiger partial charge in [-0.1, -0.05) is 0 Å². The molecule has 0 aromatic carbocycles. The Morgan fingerprint density at radius 3 is 3.24 bits per heavy atom. The van der Waals surface area contributed by atoms with Crippen molar-refractivity contribution in [2.24, 2.45) is 5.92 Å². The third-order valence-corrected chi connectivity index (χ3v) is 4.61. The summed E-state index contributed by atoms with van der Waals surface area (Å²) in [5.74, 6) is 0.598. The van der Waals surface area contributed by atoms with Crippen molar-refractivity contribution in [3.05, 3.63) is 24.2 Å². The highest BCUT2D eigenvalue weighted by atomic mass is 16.5. The number of nitrogens with zero attached hydrogens (tertiary/aromatic N) is 1. The Morgan fingerprint density at radius 1 is 1.57 bits per heavy atom. The molecule has 5 nitrogen and oxygen atoms in total. The summed E-state index contributed by atoms with van der Waals surface area (Å²) in [7, 11) is 1.73. The van der Waals surface area contributed by atoms with Gasteiger partial charge < -0.3 is 18.8 Å². The van der Waals surface area contributed by atoms with E-state index in [1.807, 2.05) is 4.90 Å². The molecule has 5 heteroatoms. The minimum absolute atomic E-state index is 0.0479. The third-order valence-electron chi connectivity index (χ3n) is 4.61. The van der Waals surface area contributed by atoms with E-state index in [9.17, 15) is 4.79 Å². The number of ether oxygens (including phenoxy) is 2. The zero-order valence-corrected chi connectivity index (χ0v) is 12.5. The van der Waals surface area contributed by atoms with Gasteiger partial charge in [-0.15, -0.1) is 0 Å². The summed E-state index contributed by atoms with van der Waals surface area (Å²) >= 11 is 0. The summed E-state index contributed by atoms with van der Waals surface area (Å²) in [4.78, 5) is 14.4. The number of furan rings is 1. The molecule has 116 valence electrons. The molecule has 2 aliphatic heterocycles. The number of carbonyl (C=O) groups excluding carboxylic acids is 1. The molecule has 1 aromatic rings. The highest BCUT2D eigenvalue weighted by molar-refractivity contribution is 5.93. The van der Waals surface area contributed by atoms with Crippen molar-refractivity contribution in [2.75, 3.05) is 33.4 Å². The van der Waals surface area contributed by atoms with Gasteiger partial charge in [0.05, 0.1) is 24.0 Å². The Bertz CT molecular complexity index is 473. The van der Waals surface area contributed by atoms with Crippen molar-refractivity contribution in [1.82, 2.24) is 4.90 Å². The Hall–Kier alpha value is -1.33. The van der Waals surface area contributed by atoms with Crippen molar-refractivity contribution in [2.45, 2.75) is 31.3 Å². The lowest BCUT2D eigenvalue weighted by Gasteiger charge is -2.39. The summed E-state index contributed by atoms with van der Waals surface area (Å²) in [6, 6.07) is 1.72. The molecule has 3 rings (SSSR count). The van der Waals surface area contributed by atoms with E-state index in [-0.39, 0.29) is 11.5 Å². The number of hydrogen-bond acceptors (Lipinski definition) is 4. The van der Waals surface area contributed by atoms with Crippen molar-refractivity contribution in [1.29, 1.82) is 0 Å². The fraction of sp³-hybridized carbons (Fsp3) is 0.688. The maximum atomic E-state index is 12.4. The normalized spacial score (nSPS) is 29.2. The largest absolute Gasteiger partial charge is 0.472 e. The van der Waals surface area contributed by atoms with Crippen molar-refractivity contribution >= 4 is 5.91 Å². The van der Waals surface area contributed by atoms with Crippen LogP contribution in [0, 0.1) is 5.92 Å². The van der Waals surface area contributed by atoms with Gasteiger partial charge in [-0.25, -0.2) is 0 Å².